The van der Waals surface area contributed by atoms with Crippen LogP contribution in [0.15, 0.2) is 67.8 Å². The first-order valence-corrected chi connectivity index (χ1v) is 12.0. The molecule has 3 aliphatic carbocycles. The van der Waals surface area contributed by atoms with Crippen LogP contribution in [0.1, 0.15) is 36.5 Å². The summed E-state index contributed by atoms with van der Waals surface area (Å²) in [6, 6.07) is 16.9. The van der Waals surface area contributed by atoms with Gasteiger partial charge < -0.3 is 10.2 Å². The van der Waals surface area contributed by atoms with Crippen molar-refractivity contribution in [3.8, 4) is 23.5 Å². The molecule has 0 radical (unpaired) electrons. The van der Waals surface area contributed by atoms with Crippen LogP contribution in [-0.4, -0.2) is 11.6 Å². The smallest absolute Gasteiger partial charge is 0.344 e. The van der Waals surface area contributed by atoms with E-state index < -0.39 is 38.1 Å². The largest absolute Gasteiger partial charge is 0.422 e. The minimum absolute atomic E-state index is 0.00891. The first-order valence-electron chi connectivity index (χ1n) is 11.2. The van der Waals surface area contributed by atoms with E-state index in [0.717, 1.165) is 5.56 Å². The Morgan fingerprint density at radius 3 is 2.00 bits per heavy atom. The van der Waals surface area contributed by atoms with E-state index in [4.69, 9.17) is 33.4 Å². The third-order valence-electron chi connectivity index (χ3n) is 7.08. The van der Waals surface area contributed by atoms with E-state index in [1.54, 1.807) is 42.5 Å². The van der Waals surface area contributed by atoms with E-state index in [0.29, 0.717) is 16.8 Å². The van der Waals surface area contributed by atoms with Crippen molar-refractivity contribution in [2.75, 3.05) is 5.73 Å². The number of nitrogen functional groups attached to an aromatic ring is 1. The number of nitriles is 2. The van der Waals surface area contributed by atoms with Gasteiger partial charge in [-0.3, -0.25) is 9.59 Å². The zero-order valence-electron chi connectivity index (χ0n) is 19.6. The van der Waals surface area contributed by atoms with Crippen molar-refractivity contribution in [1.82, 2.24) is 0 Å². The van der Waals surface area contributed by atoms with Gasteiger partial charge in [-0.2, -0.15) is 10.5 Å². The molecule has 2 N–H and O–H groups in total. The van der Waals surface area contributed by atoms with E-state index in [9.17, 15) is 24.9 Å². The predicted molar refractivity (Wildman–Crippen MR) is 138 cm³/mol. The average molecular weight is 530 g/mol. The minimum atomic E-state index is -2.42. The van der Waals surface area contributed by atoms with Gasteiger partial charge in [0.2, 0.25) is 11.6 Å². The lowest BCUT2D eigenvalue weighted by Crippen LogP contribution is -2.62. The Morgan fingerprint density at radius 2 is 1.46 bits per heavy atom. The molecule has 2 unspecified atom stereocenters. The van der Waals surface area contributed by atoms with Gasteiger partial charge in [0.05, 0.1) is 17.7 Å². The Hall–Kier alpha value is -4.17. The van der Waals surface area contributed by atoms with E-state index in [-0.39, 0.29) is 28.4 Å². The molecule has 0 bridgehead atoms. The maximum atomic E-state index is 13.7. The molecule has 37 heavy (non-hydrogen) atoms. The van der Waals surface area contributed by atoms with Gasteiger partial charge in [-0.15, -0.1) is 0 Å². The lowest BCUT2D eigenvalue weighted by molar-refractivity contribution is -0.132. The number of nitrogens with two attached hydrogens (primary N) is 1. The summed E-state index contributed by atoms with van der Waals surface area (Å²) in [5, 5.41) is 19.6. The summed E-state index contributed by atoms with van der Waals surface area (Å²) in [6.45, 7) is 3.93. The number of allylic oxidation sites excluding steroid dienone is 4. The highest BCUT2D eigenvalue weighted by atomic mass is 35.5. The lowest BCUT2D eigenvalue weighted by Gasteiger charge is -2.53. The van der Waals surface area contributed by atoms with E-state index in [1.165, 1.54) is 0 Å². The number of carbonyl (C=O) groups is 2. The van der Waals surface area contributed by atoms with Crippen LogP contribution in [0.3, 0.4) is 0 Å². The van der Waals surface area contributed by atoms with Gasteiger partial charge in [0, 0.05) is 16.8 Å². The Labute approximate surface area is 221 Å². The third kappa shape index (κ3) is 2.90. The molecule has 1 aromatic carbocycles. The van der Waals surface area contributed by atoms with E-state index in [1.807, 2.05) is 32.1 Å². The minimum Gasteiger partial charge on any atom is -0.422 e. The number of rotatable bonds is 3. The van der Waals surface area contributed by atoms with E-state index >= 15 is 0 Å². The number of fused-ring (bicyclic) bond motifs is 2. The molecule has 0 saturated carbocycles. The molecule has 0 aromatic heterocycles. The number of benzene rings is 1. The number of nitrogens with zero attached hydrogens (tertiary/aromatic N) is 2. The van der Waals surface area contributed by atoms with Gasteiger partial charge in [0.1, 0.15) is 15.8 Å². The normalized spacial score (nSPS) is 23.1. The number of anilines is 1. The number of carbonyl (C=O) groups excluding carboxylic acids is 2. The summed E-state index contributed by atoms with van der Waals surface area (Å²) in [4.78, 5) is 40.7. The monoisotopic (exact) mass is 529 g/mol. The molecule has 1 aliphatic heterocycles. The van der Waals surface area contributed by atoms with E-state index in [2.05, 4.69) is 0 Å². The average Bonchev–Trinajstić information content (AvgIpc) is 3.02. The zero-order chi connectivity index (χ0) is 26.9. The van der Waals surface area contributed by atoms with Gasteiger partial charge in [-0.1, -0.05) is 61.3 Å². The fourth-order valence-corrected chi connectivity index (χ4v) is 5.71. The summed E-state index contributed by atoms with van der Waals surface area (Å²) in [7, 11) is 0. The van der Waals surface area contributed by atoms with Gasteiger partial charge >= 0.3 is 5.63 Å². The van der Waals surface area contributed by atoms with Crippen molar-refractivity contribution < 1.29 is 14.0 Å². The molecule has 4 aliphatic rings. The van der Waals surface area contributed by atoms with Crippen LogP contribution in [-0.2, 0) is 9.59 Å². The molecule has 2 atom stereocenters. The van der Waals surface area contributed by atoms with Gasteiger partial charge in [-0.25, -0.2) is 4.79 Å². The summed E-state index contributed by atoms with van der Waals surface area (Å²) in [5.41, 5.74) is 1.99. The Bertz CT molecular complexity index is 1720. The molecule has 0 fully saturated rings. The van der Waals surface area contributed by atoms with Gasteiger partial charge in [0.15, 0.2) is 10.8 Å². The third-order valence-corrected chi connectivity index (χ3v) is 7.89. The van der Waals surface area contributed by atoms with Crippen LogP contribution >= 0.6 is 23.2 Å². The molecule has 0 spiro atoms. The molecule has 0 amide bonds. The van der Waals surface area contributed by atoms with Crippen LogP contribution in [0.25, 0.3) is 22.5 Å². The summed E-state index contributed by atoms with van der Waals surface area (Å²) in [5.74, 6) is -1.74. The second-order valence-electron chi connectivity index (χ2n) is 9.25. The molecular formula is C28H17Cl2N3O4. The van der Waals surface area contributed by atoms with Gasteiger partial charge in [-0.05, 0) is 46.9 Å². The van der Waals surface area contributed by atoms with Crippen molar-refractivity contribution in [1.29, 1.82) is 10.5 Å². The second kappa shape index (κ2) is 8.18. The Kier molecular flexibility index (Phi) is 5.42. The number of hydrogen-bond acceptors (Lipinski definition) is 7. The van der Waals surface area contributed by atoms with Crippen molar-refractivity contribution in [3.05, 3.63) is 85.7 Å². The van der Waals surface area contributed by atoms with Crippen LogP contribution in [0.2, 0.25) is 0 Å². The molecule has 5 rings (SSSR count). The number of halogens is 2. The Morgan fingerprint density at radius 1 is 0.892 bits per heavy atom. The highest BCUT2D eigenvalue weighted by molar-refractivity contribution is 6.60. The fourth-order valence-electron chi connectivity index (χ4n) is 5.25. The van der Waals surface area contributed by atoms with Crippen molar-refractivity contribution in [3.63, 3.8) is 0 Å². The zero-order valence-corrected chi connectivity index (χ0v) is 21.1. The number of ketones is 2. The summed E-state index contributed by atoms with van der Waals surface area (Å²) >= 11 is 12.3. The molecule has 1 aromatic rings. The maximum Gasteiger partial charge on any atom is 0.344 e. The van der Waals surface area contributed by atoms with Crippen LogP contribution in [0.4, 0.5) is 5.69 Å². The molecule has 7 nitrogen and oxygen atoms in total. The predicted octanol–water partition coefficient (Wildman–Crippen LogP) is 5.24. The summed E-state index contributed by atoms with van der Waals surface area (Å²) in [6.07, 6.45) is 0. The summed E-state index contributed by atoms with van der Waals surface area (Å²) < 4.78 is 5.53. The quantitative estimate of drug-likeness (QED) is 0.457. The highest BCUT2D eigenvalue weighted by Gasteiger charge is 2.77. The first kappa shape index (κ1) is 24.5. The molecule has 1 heterocycles. The first-order chi connectivity index (χ1) is 17.6. The van der Waals surface area contributed by atoms with Crippen molar-refractivity contribution in [2.45, 2.75) is 19.8 Å². The molecule has 182 valence electrons. The second-order valence-corrected chi connectivity index (χ2v) is 10.0. The van der Waals surface area contributed by atoms with Crippen LogP contribution in [0, 0.1) is 33.5 Å². The van der Waals surface area contributed by atoms with Gasteiger partial charge in [0.25, 0.3) is 0 Å². The maximum absolute atomic E-state index is 13.7. The van der Waals surface area contributed by atoms with Crippen molar-refractivity contribution in [2.24, 2.45) is 10.8 Å². The fraction of sp³-hybridized carbons (Fsp3) is 0.179. The topological polar surface area (TPSA) is 138 Å². The van der Waals surface area contributed by atoms with Crippen LogP contribution in [0.5, 0.6) is 0 Å². The number of furan rings is 1. The molecule has 9 heteroatoms. The number of Topliss-reactive ketones (excluding diaryl/α,β-unsaturated/α-hetero) is 2. The SMILES string of the molecule is CC(C)c1cccc2oc(=O)c(C3=C(c4ccc(N)cc4)C4(C#N)C(=O)C(Cl)=C(Cl)C(=O)C34C#N)c-2c1. The lowest BCUT2D eigenvalue weighted by atomic mass is 9.40. The Balaban J connectivity index is 2.00. The highest BCUT2D eigenvalue weighted by Crippen LogP contribution is 2.71. The molecule has 0 saturated heterocycles. The standard InChI is InChI=1S/C28H17Cl2N3O4/c1-13(2)15-4-3-5-18-17(10-15)19(26(36)37-18)21-20(14-6-8-16(33)9-7-14)27(11-31)24(34)22(29)23(30)25(35)28(21,27)12-32/h3-10,13H,33H2,1-2H3. The molecular weight excluding hydrogens is 513 g/mol. The number of hydrogen-bond donors (Lipinski definition) is 1. The van der Waals surface area contributed by atoms with Crippen LogP contribution < -0.4 is 11.4 Å². The van der Waals surface area contributed by atoms with Crippen molar-refractivity contribution >= 4 is 51.6 Å².